The minimum absolute atomic E-state index is 0.115. The van der Waals surface area contributed by atoms with Gasteiger partial charge in [0, 0.05) is 34.6 Å². The van der Waals surface area contributed by atoms with Crippen LogP contribution in [0, 0.1) is 0 Å². The number of esters is 7. The second-order valence-electron chi connectivity index (χ2n) is 13.1. The van der Waals surface area contributed by atoms with Crippen molar-refractivity contribution >= 4 is 41.8 Å². The van der Waals surface area contributed by atoms with Crippen LogP contribution in [0.15, 0.2) is 60.7 Å². The molecule has 0 unspecified atom stereocenters. The third-order valence-corrected chi connectivity index (χ3v) is 8.72. The quantitative estimate of drug-likeness (QED) is 0.184. The smallest absolute Gasteiger partial charge is 0.366 e. The molecule has 0 aromatic heterocycles. The average Bonchev–Trinajstić information content (AvgIpc) is 3.79. The van der Waals surface area contributed by atoms with Gasteiger partial charge in [-0.25, -0.2) is 14.4 Å². The first-order chi connectivity index (χ1) is 27.1. The van der Waals surface area contributed by atoms with E-state index >= 15 is 0 Å². The van der Waals surface area contributed by atoms with E-state index in [0.29, 0.717) is 0 Å². The Balaban J connectivity index is 1.49. The van der Waals surface area contributed by atoms with Crippen molar-refractivity contribution < 1.29 is 90.4 Å². The molecule has 0 saturated carbocycles. The number of ether oxygens (including phenoxy) is 12. The van der Waals surface area contributed by atoms with Crippen molar-refractivity contribution in [2.45, 2.75) is 102 Å². The molecule has 19 heteroatoms. The molecule has 3 heterocycles. The highest BCUT2D eigenvalue weighted by Gasteiger charge is 2.63. The molecule has 0 spiro atoms. The first-order valence-corrected chi connectivity index (χ1v) is 17.6. The van der Waals surface area contributed by atoms with Crippen molar-refractivity contribution in [3.05, 3.63) is 71.8 Å². The summed E-state index contributed by atoms with van der Waals surface area (Å²) in [4.78, 5) is 88.1. The van der Waals surface area contributed by atoms with E-state index in [1.165, 1.54) is 31.2 Å². The number of rotatable bonds is 15. The van der Waals surface area contributed by atoms with Crippen LogP contribution in [0.1, 0.15) is 55.3 Å². The van der Waals surface area contributed by atoms with E-state index in [1.54, 1.807) is 36.4 Å². The predicted octanol–water partition coefficient (Wildman–Crippen LogP) is 1.57. The van der Waals surface area contributed by atoms with Gasteiger partial charge in [0.25, 0.3) is 5.79 Å². The Hall–Kier alpha value is -5.47. The van der Waals surface area contributed by atoms with Crippen LogP contribution in [0.4, 0.5) is 0 Å². The maximum atomic E-state index is 13.6. The van der Waals surface area contributed by atoms with Gasteiger partial charge in [0.1, 0.15) is 18.8 Å². The van der Waals surface area contributed by atoms with E-state index in [4.69, 9.17) is 56.8 Å². The molecule has 308 valence electrons. The van der Waals surface area contributed by atoms with Crippen LogP contribution in [0.2, 0.25) is 0 Å². The van der Waals surface area contributed by atoms with Gasteiger partial charge in [-0.05, 0) is 24.3 Å². The summed E-state index contributed by atoms with van der Waals surface area (Å²) in [6.07, 6.45) is -14.5. The highest BCUT2D eigenvalue weighted by Crippen LogP contribution is 2.42. The first kappa shape index (κ1) is 42.7. The van der Waals surface area contributed by atoms with Gasteiger partial charge < -0.3 is 56.8 Å². The molecule has 0 N–H and O–H groups in total. The van der Waals surface area contributed by atoms with Crippen LogP contribution in [0.25, 0.3) is 0 Å². The van der Waals surface area contributed by atoms with Gasteiger partial charge in [0.05, 0.1) is 24.8 Å². The molecule has 0 amide bonds. The lowest BCUT2D eigenvalue weighted by Gasteiger charge is -2.31. The Bertz CT molecular complexity index is 1780. The van der Waals surface area contributed by atoms with E-state index in [1.807, 2.05) is 0 Å². The van der Waals surface area contributed by atoms with E-state index in [-0.39, 0.29) is 11.1 Å². The van der Waals surface area contributed by atoms with Crippen LogP contribution in [0.5, 0.6) is 0 Å². The zero-order chi connectivity index (χ0) is 41.4. The molecule has 2 aromatic carbocycles. The number of hydrogen-bond donors (Lipinski definition) is 0. The summed E-state index contributed by atoms with van der Waals surface area (Å²) in [7, 11) is 1.12. The molecule has 3 aliphatic heterocycles. The lowest BCUT2D eigenvalue weighted by molar-refractivity contribution is -0.248. The Labute approximate surface area is 325 Å². The highest BCUT2D eigenvalue weighted by molar-refractivity contribution is 5.90. The number of methoxy groups -OCH3 is 1. The van der Waals surface area contributed by atoms with Crippen molar-refractivity contribution in [1.82, 2.24) is 0 Å². The van der Waals surface area contributed by atoms with E-state index in [0.717, 1.165) is 34.8 Å². The highest BCUT2D eigenvalue weighted by atomic mass is 16.9. The Morgan fingerprint density at radius 2 is 1.19 bits per heavy atom. The molecule has 3 fully saturated rings. The topological polar surface area (TPSA) is 230 Å². The fraction of sp³-hybridized carbons (Fsp3) is 0.500. The molecule has 19 nitrogen and oxygen atoms in total. The number of carbonyl (C=O) groups is 7. The van der Waals surface area contributed by atoms with Gasteiger partial charge in [-0.3, -0.25) is 19.2 Å². The summed E-state index contributed by atoms with van der Waals surface area (Å²) < 4.78 is 68.2. The summed E-state index contributed by atoms with van der Waals surface area (Å²) in [6.45, 7) is 4.42. The monoisotopic (exact) mass is 802 g/mol. The maximum absolute atomic E-state index is 13.6. The lowest BCUT2D eigenvalue weighted by atomic mass is 10.0. The fourth-order valence-corrected chi connectivity index (χ4v) is 6.36. The van der Waals surface area contributed by atoms with Gasteiger partial charge >= 0.3 is 41.8 Å². The molecule has 0 bridgehead atoms. The lowest BCUT2D eigenvalue weighted by Crippen LogP contribution is -2.49. The van der Waals surface area contributed by atoms with Gasteiger partial charge in [0.2, 0.25) is 0 Å². The van der Waals surface area contributed by atoms with Crippen LogP contribution in [-0.2, 0) is 80.8 Å². The number of benzene rings is 2. The van der Waals surface area contributed by atoms with Gasteiger partial charge in [-0.2, -0.15) is 0 Å². The van der Waals surface area contributed by atoms with Crippen molar-refractivity contribution in [3.8, 4) is 0 Å². The molecule has 0 aliphatic carbocycles. The minimum Gasteiger partial charge on any atom is -0.465 e. The molecule has 3 aliphatic rings. The molecule has 57 heavy (non-hydrogen) atoms. The maximum Gasteiger partial charge on any atom is 0.366 e. The second kappa shape index (κ2) is 18.6. The van der Waals surface area contributed by atoms with Gasteiger partial charge in [-0.15, -0.1) is 0 Å². The molecule has 11 atom stereocenters. The largest absolute Gasteiger partial charge is 0.465 e. The summed E-state index contributed by atoms with van der Waals surface area (Å²) in [5.41, 5.74) is 0.259. The van der Waals surface area contributed by atoms with Crippen LogP contribution < -0.4 is 0 Å². The van der Waals surface area contributed by atoms with Crippen LogP contribution >= 0.6 is 0 Å². The minimum atomic E-state index is -1.97. The predicted molar refractivity (Wildman–Crippen MR) is 184 cm³/mol. The fourth-order valence-electron chi connectivity index (χ4n) is 6.36. The Kier molecular flexibility index (Phi) is 14.0. The molecule has 3 saturated heterocycles. The Morgan fingerprint density at radius 1 is 0.632 bits per heavy atom. The number of fused-ring (bicyclic) bond motifs is 1. The second-order valence-corrected chi connectivity index (χ2v) is 13.1. The van der Waals surface area contributed by atoms with Crippen molar-refractivity contribution in [2.24, 2.45) is 0 Å². The third kappa shape index (κ3) is 10.5. The SMILES string of the molecule is COC(=O)[C@]1(C)O[C@H]2O[C@@H]([C@H](CO[C@@H]3O[C@@H]([C@H](COC(C)=O)OC(C)=O)[C@H](OC(C)=O)[C@H]3OC(C)=O)OC(=O)c3ccccc3)[C@H](OC(=O)c3ccccc3)[C@H]2O1. The number of carbonyl (C=O) groups excluding carboxylic acids is 7. The van der Waals surface area contributed by atoms with Crippen molar-refractivity contribution in [3.63, 3.8) is 0 Å². The summed E-state index contributed by atoms with van der Waals surface area (Å²) >= 11 is 0. The van der Waals surface area contributed by atoms with Gasteiger partial charge in [0.15, 0.2) is 49.2 Å². The van der Waals surface area contributed by atoms with E-state index in [2.05, 4.69) is 0 Å². The zero-order valence-corrected chi connectivity index (χ0v) is 31.7. The van der Waals surface area contributed by atoms with E-state index in [9.17, 15) is 33.6 Å². The zero-order valence-electron chi connectivity index (χ0n) is 31.7. The molecule has 5 rings (SSSR count). The van der Waals surface area contributed by atoms with E-state index < -0.39 is 122 Å². The average molecular weight is 803 g/mol. The van der Waals surface area contributed by atoms with Crippen LogP contribution in [0.3, 0.4) is 0 Å². The first-order valence-electron chi connectivity index (χ1n) is 17.6. The Morgan fingerprint density at radius 3 is 1.75 bits per heavy atom. The molecular weight excluding hydrogens is 760 g/mol. The summed E-state index contributed by atoms with van der Waals surface area (Å²) in [5.74, 6) is -7.82. The standard InChI is InChI=1S/C38H42O19/c1-19(39)47-17-25(49-20(2)40)27-29(50-21(3)41)31(51-22(4)42)35(54-27)48-18-26(52-33(43)23-13-9-7-10-14-23)28-30(53-34(44)24-15-11-8-12-16-24)32-36(55-28)57-38(5,56-32)37(45)46-6/h7-16,25-32,35-36H,17-18H2,1-6H3/t25-,26-,27-,28-,29-,30-,31+,32+,35+,36+,38-/m0/s1. The van der Waals surface area contributed by atoms with Crippen LogP contribution in [-0.4, -0.2) is 129 Å². The summed E-state index contributed by atoms with van der Waals surface area (Å²) in [5, 5.41) is 0. The molecule has 2 aromatic rings. The molecular formula is C38H42O19. The number of hydrogen-bond acceptors (Lipinski definition) is 19. The summed E-state index contributed by atoms with van der Waals surface area (Å²) in [6, 6.07) is 15.7. The van der Waals surface area contributed by atoms with Gasteiger partial charge in [-0.1, -0.05) is 36.4 Å². The third-order valence-electron chi connectivity index (χ3n) is 8.72. The van der Waals surface area contributed by atoms with Crippen molar-refractivity contribution in [2.75, 3.05) is 20.3 Å². The molecule has 0 radical (unpaired) electrons. The normalized spacial score (nSPS) is 28.5. The van der Waals surface area contributed by atoms with Crippen molar-refractivity contribution in [1.29, 1.82) is 0 Å².